The van der Waals surface area contributed by atoms with Crippen LogP contribution in [0.4, 0.5) is 0 Å². The second-order valence-corrected chi connectivity index (χ2v) is 6.80. The van der Waals surface area contributed by atoms with Crippen LogP contribution in [0.25, 0.3) is 0 Å². The molecule has 0 aromatic heterocycles. The van der Waals surface area contributed by atoms with Crippen LogP contribution in [-0.4, -0.2) is 60.1 Å². The third-order valence-corrected chi connectivity index (χ3v) is 5.18. The van der Waals surface area contributed by atoms with Crippen LogP contribution in [0, 0.1) is 0 Å². The average Bonchev–Trinajstić information content (AvgIpc) is 2.95. The monoisotopic (exact) mass is 336 g/mol. The Morgan fingerprint density at radius 1 is 1.29 bits per heavy atom. The van der Waals surface area contributed by atoms with Crippen molar-refractivity contribution < 1.29 is 21.1 Å². The predicted molar refractivity (Wildman–Crippen MR) is 92.6 cm³/mol. The Hall–Kier alpha value is -1.30. The summed E-state index contributed by atoms with van der Waals surface area (Å²) >= 11 is 0. The van der Waals surface area contributed by atoms with E-state index in [-0.39, 0.29) is 11.9 Å². The number of hydrogen-bond donors (Lipinski definition) is 2. The summed E-state index contributed by atoms with van der Waals surface area (Å²) in [4.78, 5) is 2.23. The Bertz CT molecular complexity index is 581. The summed E-state index contributed by atoms with van der Waals surface area (Å²) in [6.07, 6.45) is 4.57. The molecule has 24 heavy (non-hydrogen) atoms. The average molecular weight is 336 g/mol. The van der Waals surface area contributed by atoms with Gasteiger partial charge in [0.15, 0.2) is 11.5 Å². The number of aromatic hydroxyl groups is 1. The zero-order valence-corrected chi connectivity index (χ0v) is 14.4. The smallest absolute Gasteiger partial charge is 0.160 e. The van der Waals surface area contributed by atoms with Crippen molar-refractivity contribution in [2.24, 2.45) is 0 Å². The van der Waals surface area contributed by atoms with Gasteiger partial charge in [0.1, 0.15) is 0 Å². The molecule has 0 spiro atoms. The van der Waals surface area contributed by atoms with Gasteiger partial charge < -0.3 is 19.7 Å². The molecule has 1 saturated carbocycles. The summed E-state index contributed by atoms with van der Waals surface area (Å²) in [6, 6.07) is 5.74. The lowest BCUT2D eigenvalue weighted by Crippen LogP contribution is -2.46. The van der Waals surface area contributed by atoms with E-state index in [0.717, 1.165) is 31.4 Å². The SMILES string of the molecule is [2H][C@@]1(O)CCN([C@@H]2CCCC[C@H]2OCCc2ccc(OC)c(O)c2)C1. The molecule has 5 heteroatoms. The number of hydrogen-bond acceptors (Lipinski definition) is 5. The van der Waals surface area contributed by atoms with E-state index in [1.165, 1.54) is 20.0 Å². The number of methoxy groups -OCH3 is 1. The maximum Gasteiger partial charge on any atom is 0.160 e. The highest BCUT2D eigenvalue weighted by molar-refractivity contribution is 5.41. The second kappa shape index (κ2) is 8.19. The molecule has 1 aliphatic carbocycles. The second-order valence-electron chi connectivity index (χ2n) is 6.80. The van der Waals surface area contributed by atoms with Gasteiger partial charge in [-0.3, -0.25) is 4.90 Å². The Morgan fingerprint density at radius 2 is 2.12 bits per heavy atom. The van der Waals surface area contributed by atoms with E-state index in [1.807, 2.05) is 6.07 Å². The number of benzene rings is 1. The highest BCUT2D eigenvalue weighted by atomic mass is 16.5. The zero-order valence-electron chi connectivity index (χ0n) is 15.4. The first-order valence-electron chi connectivity index (χ1n) is 9.42. The molecule has 1 aromatic carbocycles. The van der Waals surface area contributed by atoms with Gasteiger partial charge in [-0.15, -0.1) is 0 Å². The fourth-order valence-electron chi connectivity index (χ4n) is 3.86. The third kappa shape index (κ3) is 4.21. The number of nitrogens with zero attached hydrogens (tertiary/aromatic N) is 1. The van der Waals surface area contributed by atoms with Gasteiger partial charge in [-0.2, -0.15) is 0 Å². The van der Waals surface area contributed by atoms with Gasteiger partial charge in [-0.25, -0.2) is 0 Å². The molecule has 2 N–H and O–H groups in total. The molecular formula is C19H29NO4. The first-order chi connectivity index (χ1) is 12.0. The van der Waals surface area contributed by atoms with Crippen molar-refractivity contribution >= 4 is 0 Å². The summed E-state index contributed by atoms with van der Waals surface area (Å²) in [5.74, 6) is 0.635. The lowest BCUT2D eigenvalue weighted by atomic mass is 9.91. The number of phenolic OH excluding ortho intramolecular Hbond substituents is 1. The summed E-state index contributed by atoms with van der Waals surface area (Å²) in [5, 5.41) is 19.8. The number of aliphatic hydroxyl groups is 1. The van der Waals surface area contributed by atoms with Crippen LogP contribution in [0.3, 0.4) is 0 Å². The first kappa shape index (κ1) is 16.2. The molecule has 1 heterocycles. The fraction of sp³-hybridized carbons (Fsp3) is 0.684. The molecule has 1 saturated heterocycles. The van der Waals surface area contributed by atoms with Crippen molar-refractivity contribution in [3.8, 4) is 11.5 Å². The van der Waals surface area contributed by atoms with Crippen molar-refractivity contribution in [3.05, 3.63) is 23.8 Å². The lowest BCUT2D eigenvalue weighted by molar-refractivity contribution is -0.0316. The molecule has 134 valence electrons. The van der Waals surface area contributed by atoms with Crippen molar-refractivity contribution in [1.82, 2.24) is 4.90 Å². The number of ether oxygens (including phenoxy) is 2. The van der Waals surface area contributed by atoms with E-state index in [2.05, 4.69) is 4.90 Å². The van der Waals surface area contributed by atoms with E-state index < -0.39 is 6.08 Å². The van der Waals surface area contributed by atoms with Crippen LogP contribution in [0.5, 0.6) is 11.5 Å². The largest absolute Gasteiger partial charge is 0.504 e. The van der Waals surface area contributed by atoms with Gasteiger partial charge in [0.2, 0.25) is 0 Å². The van der Waals surface area contributed by atoms with Crippen LogP contribution in [0.2, 0.25) is 0 Å². The number of rotatable bonds is 6. The normalized spacial score (nSPS) is 31.8. The molecule has 0 bridgehead atoms. The minimum Gasteiger partial charge on any atom is -0.504 e. The molecule has 2 aliphatic rings. The topological polar surface area (TPSA) is 62.2 Å². The molecule has 5 nitrogen and oxygen atoms in total. The van der Waals surface area contributed by atoms with Crippen molar-refractivity contribution in [3.63, 3.8) is 0 Å². The Kier molecular flexibility index (Phi) is 5.52. The molecular weight excluding hydrogens is 306 g/mol. The van der Waals surface area contributed by atoms with Gasteiger partial charge in [-0.1, -0.05) is 18.9 Å². The summed E-state index contributed by atoms with van der Waals surface area (Å²) in [6.45, 7) is 1.80. The van der Waals surface area contributed by atoms with Gasteiger partial charge in [-0.05, 0) is 43.4 Å². The number of β-amino-alcohol motifs (C(OH)–C–C–N with tert-alkyl or cyclic N) is 1. The molecule has 3 rings (SSSR count). The van der Waals surface area contributed by atoms with E-state index in [4.69, 9.17) is 10.8 Å². The van der Waals surface area contributed by atoms with Crippen molar-refractivity contribution in [2.45, 2.75) is 56.8 Å². The number of phenols is 1. The highest BCUT2D eigenvalue weighted by Crippen LogP contribution is 2.29. The van der Waals surface area contributed by atoms with Crippen LogP contribution in [0.15, 0.2) is 18.2 Å². The molecule has 3 atom stereocenters. The minimum atomic E-state index is -1.30. The maximum absolute atomic E-state index is 9.93. The zero-order chi connectivity index (χ0) is 17.9. The van der Waals surface area contributed by atoms with E-state index >= 15 is 0 Å². The van der Waals surface area contributed by atoms with Gasteiger partial charge in [0.05, 0.1) is 27.3 Å². The standard InChI is InChI=1S/C19H29NO4/c1-23-19-7-6-14(12-17(19)22)9-11-24-18-5-3-2-4-16(18)20-10-8-15(21)13-20/h6-7,12,15-16,18,21-22H,2-5,8-11,13H2,1H3/t15-,16-,18-/m1/s1/i15D. The molecule has 1 aromatic rings. The molecule has 0 unspecified atom stereocenters. The van der Waals surface area contributed by atoms with Crippen molar-refractivity contribution in [1.29, 1.82) is 0 Å². The first-order valence-corrected chi connectivity index (χ1v) is 8.92. The van der Waals surface area contributed by atoms with E-state index in [9.17, 15) is 10.2 Å². The third-order valence-electron chi connectivity index (χ3n) is 5.18. The quantitative estimate of drug-likeness (QED) is 0.835. The molecule has 0 radical (unpaired) electrons. The molecule has 2 fully saturated rings. The molecule has 1 aliphatic heterocycles. The lowest BCUT2D eigenvalue weighted by Gasteiger charge is -2.37. The van der Waals surface area contributed by atoms with Crippen LogP contribution in [-0.2, 0) is 11.2 Å². The minimum absolute atomic E-state index is 0.155. The van der Waals surface area contributed by atoms with E-state index in [0.29, 0.717) is 31.4 Å². The van der Waals surface area contributed by atoms with E-state index in [1.54, 1.807) is 12.1 Å². The maximum atomic E-state index is 9.93. The van der Waals surface area contributed by atoms with Gasteiger partial charge in [0.25, 0.3) is 0 Å². The van der Waals surface area contributed by atoms with Crippen LogP contribution < -0.4 is 4.74 Å². The summed E-state index contributed by atoms with van der Waals surface area (Å²) < 4.78 is 19.1. The van der Waals surface area contributed by atoms with Crippen LogP contribution in [0.1, 0.15) is 39.0 Å². The summed E-state index contributed by atoms with van der Waals surface area (Å²) in [5.41, 5.74) is 1.02. The molecule has 0 amide bonds. The Balaban J connectivity index is 1.53. The van der Waals surface area contributed by atoms with Crippen LogP contribution >= 0.6 is 0 Å². The van der Waals surface area contributed by atoms with Gasteiger partial charge in [0, 0.05) is 19.1 Å². The predicted octanol–water partition coefficient (Wildman–Crippen LogP) is 2.34. The van der Waals surface area contributed by atoms with Crippen molar-refractivity contribution in [2.75, 3.05) is 26.8 Å². The number of likely N-dealkylation sites (tertiary alicyclic amines) is 1. The Labute approximate surface area is 145 Å². The fourth-order valence-corrected chi connectivity index (χ4v) is 3.86. The highest BCUT2D eigenvalue weighted by Gasteiger charge is 2.34. The van der Waals surface area contributed by atoms with Gasteiger partial charge >= 0.3 is 0 Å². The summed E-state index contributed by atoms with van der Waals surface area (Å²) in [7, 11) is 1.54. The Morgan fingerprint density at radius 3 is 2.83 bits per heavy atom.